The summed E-state index contributed by atoms with van der Waals surface area (Å²) in [6.07, 6.45) is -2.82. The Balaban J connectivity index is 1.37. The number of nitrogens with one attached hydrogen (secondary N) is 1. The van der Waals surface area contributed by atoms with Crippen molar-refractivity contribution >= 4 is 27.5 Å². The van der Waals surface area contributed by atoms with E-state index in [1.54, 1.807) is 0 Å². The molecular formula is C21H24BrF3N4O2. The van der Waals surface area contributed by atoms with E-state index in [-0.39, 0.29) is 29.3 Å². The number of nitrogens with zero attached hydrogens (tertiary/aromatic N) is 3. The minimum absolute atomic E-state index is 0.00118. The summed E-state index contributed by atoms with van der Waals surface area (Å²) in [6, 6.07) is 7.63. The Hall–Kier alpha value is -1.91. The molecule has 2 aromatic rings. The van der Waals surface area contributed by atoms with Crippen molar-refractivity contribution in [1.29, 1.82) is 0 Å². The Morgan fingerprint density at radius 2 is 2.00 bits per heavy atom. The molecule has 0 spiro atoms. The molecule has 31 heavy (non-hydrogen) atoms. The molecular weight excluding hydrogens is 477 g/mol. The standard InChI is InChI=1S/C21H24BrF3N4O2/c22-18-19(15-4-5-15)29(27-20(18)21(23,24)25)7-6-17(30)26-16-3-1-2-14(12-16)13-28-8-10-31-11-9-28/h1-3,12,15H,4-11,13H2,(H,26,30). The summed E-state index contributed by atoms with van der Waals surface area (Å²) in [5.41, 5.74) is 1.37. The maximum Gasteiger partial charge on any atom is 0.436 e. The van der Waals surface area contributed by atoms with Gasteiger partial charge in [-0.1, -0.05) is 12.1 Å². The van der Waals surface area contributed by atoms with Gasteiger partial charge in [-0.15, -0.1) is 0 Å². The van der Waals surface area contributed by atoms with Crippen molar-refractivity contribution in [2.75, 3.05) is 31.6 Å². The summed E-state index contributed by atoms with van der Waals surface area (Å²) in [5, 5.41) is 6.60. The number of benzene rings is 1. The highest BCUT2D eigenvalue weighted by Gasteiger charge is 2.41. The van der Waals surface area contributed by atoms with Gasteiger partial charge in [0, 0.05) is 37.7 Å². The average Bonchev–Trinajstić information content (AvgIpc) is 3.49. The van der Waals surface area contributed by atoms with Gasteiger partial charge in [-0.3, -0.25) is 14.4 Å². The Morgan fingerprint density at radius 1 is 1.26 bits per heavy atom. The molecule has 6 nitrogen and oxygen atoms in total. The number of alkyl halides is 3. The highest BCUT2D eigenvalue weighted by Crippen LogP contribution is 2.47. The summed E-state index contributed by atoms with van der Waals surface area (Å²) < 4.78 is 46.4. The predicted molar refractivity (Wildman–Crippen MR) is 113 cm³/mol. The van der Waals surface area contributed by atoms with Crippen LogP contribution in [-0.2, 0) is 28.8 Å². The third-order valence-corrected chi connectivity index (χ3v) is 6.22. The van der Waals surface area contributed by atoms with Gasteiger partial charge in [-0.05, 0) is 46.5 Å². The maximum absolute atomic E-state index is 13.2. The quantitative estimate of drug-likeness (QED) is 0.611. The van der Waals surface area contributed by atoms with Crippen molar-refractivity contribution in [2.24, 2.45) is 0 Å². The fraction of sp³-hybridized carbons (Fsp3) is 0.524. The molecule has 1 amide bonds. The summed E-state index contributed by atoms with van der Waals surface area (Å²) in [7, 11) is 0. The van der Waals surface area contributed by atoms with Gasteiger partial charge in [0.2, 0.25) is 5.91 Å². The number of hydrogen-bond donors (Lipinski definition) is 1. The zero-order valence-electron chi connectivity index (χ0n) is 16.9. The number of hydrogen-bond acceptors (Lipinski definition) is 4. The van der Waals surface area contributed by atoms with Crippen LogP contribution < -0.4 is 5.32 Å². The largest absolute Gasteiger partial charge is 0.436 e. The molecule has 4 rings (SSSR count). The predicted octanol–water partition coefficient (Wildman–Crippen LogP) is 4.40. The number of morpholine rings is 1. The Kier molecular flexibility index (Phi) is 6.68. The van der Waals surface area contributed by atoms with Crippen molar-refractivity contribution in [3.05, 3.63) is 45.7 Å². The molecule has 1 aromatic heterocycles. The van der Waals surface area contributed by atoms with E-state index < -0.39 is 11.9 Å². The van der Waals surface area contributed by atoms with Crippen LogP contribution in [0.3, 0.4) is 0 Å². The van der Waals surface area contributed by atoms with Gasteiger partial charge in [-0.2, -0.15) is 18.3 Å². The first-order valence-corrected chi connectivity index (χ1v) is 11.1. The first-order chi connectivity index (χ1) is 14.8. The van der Waals surface area contributed by atoms with E-state index in [2.05, 4.69) is 31.2 Å². The van der Waals surface area contributed by atoms with Gasteiger partial charge in [0.25, 0.3) is 0 Å². The van der Waals surface area contributed by atoms with Crippen molar-refractivity contribution < 1.29 is 22.7 Å². The third-order valence-electron chi connectivity index (χ3n) is 5.44. The van der Waals surface area contributed by atoms with E-state index in [4.69, 9.17) is 4.74 Å². The minimum atomic E-state index is -4.53. The molecule has 168 valence electrons. The van der Waals surface area contributed by atoms with E-state index in [1.165, 1.54) is 4.68 Å². The summed E-state index contributed by atoms with van der Waals surface area (Å²) in [6.45, 7) is 4.06. The lowest BCUT2D eigenvalue weighted by atomic mass is 10.1. The van der Waals surface area contributed by atoms with Crippen LogP contribution in [0.15, 0.2) is 28.7 Å². The molecule has 1 aliphatic carbocycles. The summed E-state index contributed by atoms with van der Waals surface area (Å²) >= 11 is 3.07. The van der Waals surface area contributed by atoms with Crippen molar-refractivity contribution in [3.63, 3.8) is 0 Å². The number of rotatable bonds is 7. The highest BCUT2D eigenvalue weighted by molar-refractivity contribution is 9.10. The van der Waals surface area contributed by atoms with E-state index in [1.807, 2.05) is 24.3 Å². The van der Waals surface area contributed by atoms with E-state index in [0.29, 0.717) is 11.4 Å². The molecule has 0 unspecified atom stereocenters. The van der Waals surface area contributed by atoms with Crippen molar-refractivity contribution in [3.8, 4) is 0 Å². The number of aromatic nitrogens is 2. The van der Waals surface area contributed by atoms with Crippen LogP contribution in [-0.4, -0.2) is 46.9 Å². The minimum Gasteiger partial charge on any atom is -0.379 e. The molecule has 0 bridgehead atoms. The molecule has 1 aliphatic heterocycles. The average molecular weight is 501 g/mol. The lowest BCUT2D eigenvalue weighted by molar-refractivity contribution is -0.142. The molecule has 1 N–H and O–H groups in total. The molecule has 2 heterocycles. The van der Waals surface area contributed by atoms with Gasteiger partial charge in [-0.25, -0.2) is 0 Å². The lowest BCUT2D eigenvalue weighted by Crippen LogP contribution is -2.35. The zero-order valence-corrected chi connectivity index (χ0v) is 18.5. The van der Waals surface area contributed by atoms with Gasteiger partial charge in [0.1, 0.15) is 0 Å². The first-order valence-electron chi connectivity index (χ1n) is 10.3. The molecule has 0 radical (unpaired) electrons. The molecule has 0 atom stereocenters. The summed E-state index contributed by atoms with van der Waals surface area (Å²) in [5.74, 6) is -0.191. The number of anilines is 1. The van der Waals surface area contributed by atoms with Crippen LogP contribution in [0.25, 0.3) is 0 Å². The SMILES string of the molecule is O=C(CCn1nc(C(F)(F)F)c(Br)c1C1CC1)Nc1cccc(CN2CCOCC2)c1. The van der Waals surface area contributed by atoms with Gasteiger partial charge >= 0.3 is 6.18 Å². The van der Waals surface area contributed by atoms with Crippen molar-refractivity contribution in [1.82, 2.24) is 14.7 Å². The number of carbonyl (C=O) groups excluding carboxylic acids is 1. The summed E-state index contributed by atoms with van der Waals surface area (Å²) in [4.78, 5) is 14.7. The fourth-order valence-electron chi connectivity index (χ4n) is 3.75. The molecule has 2 fully saturated rings. The number of carbonyl (C=O) groups is 1. The Morgan fingerprint density at radius 3 is 2.68 bits per heavy atom. The van der Waals surface area contributed by atoms with Crippen LogP contribution >= 0.6 is 15.9 Å². The number of aryl methyl sites for hydroxylation is 1. The van der Waals surface area contributed by atoms with E-state index in [0.717, 1.165) is 51.3 Å². The van der Waals surface area contributed by atoms with Crippen molar-refractivity contribution in [2.45, 2.75) is 44.4 Å². The van der Waals surface area contributed by atoms with E-state index >= 15 is 0 Å². The Bertz CT molecular complexity index is 937. The fourth-order valence-corrected chi connectivity index (χ4v) is 4.58. The topological polar surface area (TPSA) is 59.4 Å². The normalized spacial score (nSPS) is 17.7. The van der Waals surface area contributed by atoms with Crippen LogP contribution in [0.2, 0.25) is 0 Å². The van der Waals surface area contributed by atoms with Gasteiger partial charge in [0.05, 0.1) is 29.9 Å². The Labute approximate surface area is 186 Å². The zero-order chi connectivity index (χ0) is 22.0. The first kappa shape index (κ1) is 22.3. The van der Waals surface area contributed by atoms with Crippen LogP contribution in [0, 0.1) is 0 Å². The lowest BCUT2D eigenvalue weighted by Gasteiger charge is -2.26. The van der Waals surface area contributed by atoms with Crippen LogP contribution in [0.1, 0.15) is 42.1 Å². The second kappa shape index (κ2) is 9.30. The van der Waals surface area contributed by atoms with Gasteiger partial charge in [0.15, 0.2) is 5.69 Å². The monoisotopic (exact) mass is 500 g/mol. The number of amides is 1. The van der Waals surface area contributed by atoms with E-state index in [9.17, 15) is 18.0 Å². The smallest absolute Gasteiger partial charge is 0.379 e. The second-order valence-electron chi connectivity index (χ2n) is 7.93. The molecule has 1 saturated heterocycles. The third kappa shape index (κ3) is 5.67. The second-order valence-corrected chi connectivity index (χ2v) is 8.72. The number of ether oxygens (including phenoxy) is 1. The molecule has 1 saturated carbocycles. The molecule has 1 aromatic carbocycles. The van der Waals surface area contributed by atoms with Crippen LogP contribution in [0.5, 0.6) is 0 Å². The highest BCUT2D eigenvalue weighted by atomic mass is 79.9. The molecule has 10 heteroatoms. The maximum atomic E-state index is 13.2. The van der Waals surface area contributed by atoms with Crippen LogP contribution in [0.4, 0.5) is 18.9 Å². The number of halogens is 4. The molecule has 2 aliphatic rings. The van der Waals surface area contributed by atoms with Gasteiger partial charge < -0.3 is 10.1 Å².